The molecular formula is C12H11F3N2O. The second-order valence-corrected chi connectivity index (χ2v) is 4.05. The van der Waals surface area contributed by atoms with Crippen molar-refractivity contribution in [1.82, 2.24) is 5.32 Å². The summed E-state index contributed by atoms with van der Waals surface area (Å²) in [6, 6.07) is 4.96. The molecule has 2 rings (SSSR count). The van der Waals surface area contributed by atoms with E-state index in [1.54, 1.807) is 0 Å². The number of ether oxygens (including phenoxy) is 1. The van der Waals surface area contributed by atoms with Crippen LogP contribution in [0, 0.1) is 11.3 Å². The molecule has 1 saturated heterocycles. The van der Waals surface area contributed by atoms with E-state index >= 15 is 0 Å². The molecule has 1 unspecified atom stereocenters. The van der Waals surface area contributed by atoms with Gasteiger partial charge in [0.25, 0.3) is 0 Å². The van der Waals surface area contributed by atoms with Crippen molar-refractivity contribution >= 4 is 0 Å². The molecule has 0 amide bonds. The number of nitrogens with zero attached hydrogens (tertiary/aromatic N) is 1. The van der Waals surface area contributed by atoms with Crippen molar-refractivity contribution in [3.8, 4) is 11.8 Å². The number of benzene rings is 1. The highest BCUT2D eigenvalue weighted by Gasteiger charge is 2.34. The summed E-state index contributed by atoms with van der Waals surface area (Å²) in [5.41, 5.74) is -1.34. The monoisotopic (exact) mass is 256 g/mol. The van der Waals surface area contributed by atoms with Crippen molar-refractivity contribution in [2.45, 2.75) is 18.7 Å². The van der Waals surface area contributed by atoms with Crippen LogP contribution in [-0.2, 0) is 6.18 Å². The molecule has 96 valence electrons. The Kier molecular flexibility index (Phi) is 3.43. The number of halogens is 3. The Morgan fingerprint density at radius 2 is 2.17 bits per heavy atom. The lowest BCUT2D eigenvalue weighted by Gasteiger charge is -2.15. The third-order valence-electron chi connectivity index (χ3n) is 2.73. The van der Waals surface area contributed by atoms with Gasteiger partial charge in [0.15, 0.2) is 0 Å². The third-order valence-corrected chi connectivity index (χ3v) is 2.73. The quantitative estimate of drug-likeness (QED) is 0.883. The van der Waals surface area contributed by atoms with Gasteiger partial charge in [-0.15, -0.1) is 0 Å². The molecule has 6 heteroatoms. The predicted octanol–water partition coefficient (Wildman–Crippen LogP) is 2.32. The van der Waals surface area contributed by atoms with Gasteiger partial charge >= 0.3 is 6.18 Å². The van der Waals surface area contributed by atoms with Crippen molar-refractivity contribution in [3.63, 3.8) is 0 Å². The molecule has 0 radical (unpaired) electrons. The van der Waals surface area contributed by atoms with Crippen LogP contribution in [0.1, 0.15) is 17.5 Å². The highest BCUT2D eigenvalue weighted by atomic mass is 19.4. The van der Waals surface area contributed by atoms with Gasteiger partial charge < -0.3 is 10.1 Å². The van der Waals surface area contributed by atoms with Gasteiger partial charge in [0.1, 0.15) is 11.9 Å². The largest absolute Gasteiger partial charge is 0.489 e. The average molecular weight is 256 g/mol. The molecule has 1 N–H and O–H groups in total. The van der Waals surface area contributed by atoms with Gasteiger partial charge in [0.2, 0.25) is 0 Å². The van der Waals surface area contributed by atoms with Crippen molar-refractivity contribution in [1.29, 1.82) is 5.26 Å². The maximum absolute atomic E-state index is 12.7. The van der Waals surface area contributed by atoms with Crippen LogP contribution >= 0.6 is 0 Å². The molecule has 1 aromatic rings. The van der Waals surface area contributed by atoms with Crippen molar-refractivity contribution in [2.24, 2.45) is 0 Å². The molecule has 0 aliphatic carbocycles. The molecular weight excluding hydrogens is 245 g/mol. The normalized spacial score (nSPS) is 19.6. The maximum Gasteiger partial charge on any atom is 0.417 e. The van der Waals surface area contributed by atoms with Crippen LogP contribution < -0.4 is 10.1 Å². The van der Waals surface area contributed by atoms with E-state index in [2.05, 4.69) is 5.32 Å². The van der Waals surface area contributed by atoms with Crippen LogP contribution in [0.3, 0.4) is 0 Å². The first kappa shape index (κ1) is 12.7. The van der Waals surface area contributed by atoms with Gasteiger partial charge in [-0.3, -0.25) is 0 Å². The van der Waals surface area contributed by atoms with Crippen LogP contribution in [0.15, 0.2) is 18.2 Å². The molecule has 1 fully saturated rings. The van der Waals surface area contributed by atoms with E-state index in [-0.39, 0.29) is 17.4 Å². The zero-order valence-corrected chi connectivity index (χ0v) is 9.42. The number of nitriles is 1. The average Bonchev–Trinajstić information content (AvgIpc) is 2.80. The number of hydrogen-bond acceptors (Lipinski definition) is 3. The van der Waals surface area contributed by atoms with Crippen LogP contribution in [0.2, 0.25) is 0 Å². The van der Waals surface area contributed by atoms with Gasteiger partial charge in [-0.2, -0.15) is 18.4 Å². The first-order valence-corrected chi connectivity index (χ1v) is 5.49. The van der Waals surface area contributed by atoms with Crippen molar-refractivity contribution < 1.29 is 17.9 Å². The molecule has 1 aliphatic rings. The number of alkyl halides is 3. The smallest absolute Gasteiger partial charge is 0.417 e. The molecule has 1 aliphatic heterocycles. The Morgan fingerprint density at radius 3 is 2.72 bits per heavy atom. The Morgan fingerprint density at radius 1 is 1.39 bits per heavy atom. The molecule has 0 spiro atoms. The van der Waals surface area contributed by atoms with Crippen LogP contribution in [0.5, 0.6) is 5.75 Å². The number of hydrogen-bond donors (Lipinski definition) is 1. The molecule has 18 heavy (non-hydrogen) atoms. The predicted molar refractivity (Wildman–Crippen MR) is 58.1 cm³/mol. The van der Waals surface area contributed by atoms with E-state index in [1.807, 2.05) is 0 Å². The summed E-state index contributed by atoms with van der Waals surface area (Å²) < 4.78 is 43.6. The first-order chi connectivity index (χ1) is 8.50. The van der Waals surface area contributed by atoms with Gasteiger partial charge in [0, 0.05) is 6.54 Å². The Labute approximate surface area is 102 Å². The molecule has 1 aromatic carbocycles. The molecule has 0 bridgehead atoms. The molecule has 0 aromatic heterocycles. The van der Waals surface area contributed by atoms with Crippen molar-refractivity contribution in [2.75, 3.05) is 13.1 Å². The van der Waals surface area contributed by atoms with E-state index in [9.17, 15) is 13.2 Å². The standard InChI is InChI=1S/C12H11F3N2O/c13-12(14,15)11-5-9(2-1-8(11)6-16)18-10-3-4-17-7-10/h1-2,5,10,17H,3-4,7H2. The van der Waals surface area contributed by atoms with E-state index < -0.39 is 11.7 Å². The summed E-state index contributed by atoms with van der Waals surface area (Å²) in [5.74, 6) is 0.148. The second kappa shape index (κ2) is 4.86. The second-order valence-electron chi connectivity index (χ2n) is 4.05. The van der Waals surface area contributed by atoms with E-state index in [0.29, 0.717) is 6.54 Å². The summed E-state index contributed by atoms with van der Waals surface area (Å²) in [7, 11) is 0. The van der Waals surface area contributed by atoms with E-state index in [4.69, 9.17) is 10.00 Å². The summed E-state index contributed by atoms with van der Waals surface area (Å²) in [6.45, 7) is 1.43. The van der Waals surface area contributed by atoms with Crippen LogP contribution in [-0.4, -0.2) is 19.2 Å². The van der Waals surface area contributed by atoms with Gasteiger partial charge in [0.05, 0.1) is 17.2 Å². The molecule has 0 saturated carbocycles. The van der Waals surface area contributed by atoms with Crippen molar-refractivity contribution in [3.05, 3.63) is 29.3 Å². The highest BCUT2D eigenvalue weighted by molar-refractivity contribution is 5.44. The molecule has 3 nitrogen and oxygen atoms in total. The number of nitrogens with one attached hydrogen (secondary N) is 1. The lowest BCUT2D eigenvalue weighted by molar-refractivity contribution is -0.137. The molecule has 1 atom stereocenters. The van der Waals surface area contributed by atoms with Gasteiger partial charge in [-0.1, -0.05) is 0 Å². The lowest BCUT2D eigenvalue weighted by atomic mass is 10.1. The zero-order chi connectivity index (χ0) is 13.2. The van der Waals surface area contributed by atoms with E-state index in [1.165, 1.54) is 12.1 Å². The minimum atomic E-state index is -4.54. The zero-order valence-electron chi connectivity index (χ0n) is 9.42. The topological polar surface area (TPSA) is 45.0 Å². The van der Waals surface area contributed by atoms with Crippen LogP contribution in [0.25, 0.3) is 0 Å². The molecule has 1 heterocycles. The summed E-state index contributed by atoms with van der Waals surface area (Å²) in [5, 5.41) is 11.7. The first-order valence-electron chi connectivity index (χ1n) is 5.49. The fourth-order valence-electron chi connectivity index (χ4n) is 1.85. The summed E-state index contributed by atoms with van der Waals surface area (Å²) in [4.78, 5) is 0. The SMILES string of the molecule is N#Cc1ccc(OC2CCNC2)cc1C(F)(F)F. The van der Waals surface area contributed by atoms with Gasteiger partial charge in [-0.05, 0) is 31.2 Å². The lowest BCUT2D eigenvalue weighted by Crippen LogP contribution is -2.20. The minimum absolute atomic E-state index is 0.112. The minimum Gasteiger partial charge on any atom is -0.489 e. The third kappa shape index (κ3) is 2.74. The Hall–Kier alpha value is -1.74. The highest BCUT2D eigenvalue weighted by Crippen LogP contribution is 2.34. The van der Waals surface area contributed by atoms with Gasteiger partial charge in [-0.25, -0.2) is 0 Å². The maximum atomic E-state index is 12.7. The Balaban J connectivity index is 2.25. The fourth-order valence-corrected chi connectivity index (χ4v) is 1.85. The van der Waals surface area contributed by atoms with E-state index in [0.717, 1.165) is 25.1 Å². The fraction of sp³-hybridized carbons (Fsp3) is 0.417. The summed E-state index contributed by atoms with van der Waals surface area (Å²) >= 11 is 0. The summed E-state index contributed by atoms with van der Waals surface area (Å²) in [6.07, 6.45) is -3.89. The van der Waals surface area contributed by atoms with Crippen LogP contribution in [0.4, 0.5) is 13.2 Å². The number of rotatable bonds is 2. The Bertz CT molecular complexity index is 473.